The first kappa shape index (κ1) is 21.6. The Morgan fingerprint density at radius 3 is 1.43 bits per heavy atom. The van der Waals surface area contributed by atoms with Gasteiger partial charge in [0, 0.05) is 5.41 Å². The molecule has 1 unspecified atom stereocenters. The second-order valence-electron chi connectivity index (χ2n) is 8.07. The van der Waals surface area contributed by atoms with Crippen LogP contribution in [-0.2, 0) is 10.3 Å². The molecule has 156 valence electrons. The molecule has 3 nitrogen and oxygen atoms in total. The average Bonchev–Trinajstić information content (AvgIpc) is 2.76. The highest BCUT2D eigenvalue weighted by molar-refractivity contribution is 5.52. The summed E-state index contributed by atoms with van der Waals surface area (Å²) in [7, 11) is 0. The Balaban J connectivity index is 2.35. The smallest absolute Gasteiger partial charge is 0.243 e. The second-order valence-corrected chi connectivity index (χ2v) is 8.07. The maximum Gasteiger partial charge on any atom is 0.243 e. The Kier molecular flexibility index (Phi) is 6.60. The molecular weight excluding hydrogens is 384 g/mol. The summed E-state index contributed by atoms with van der Waals surface area (Å²) in [5.74, 6) is 0. The quantitative estimate of drug-likeness (QED) is 0.222. The molecule has 0 aliphatic carbocycles. The van der Waals surface area contributed by atoms with Crippen molar-refractivity contribution in [3.63, 3.8) is 0 Å². The highest BCUT2D eigenvalue weighted by atomic mass is 19.3. The Hall–Kier alpha value is -3.08. The zero-order valence-corrected chi connectivity index (χ0v) is 17.0. The summed E-state index contributed by atoms with van der Waals surface area (Å²) in [6.45, 7) is 2.95. The van der Waals surface area contributed by atoms with Crippen LogP contribution in [0.5, 0.6) is 0 Å². The normalized spacial score (nSPS) is 13.1. The van der Waals surface area contributed by atoms with Gasteiger partial charge in [-0.15, -0.1) is 4.91 Å². The number of rotatable bonds is 9. The van der Waals surface area contributed by atoms with Crippen molar-refractivity contribution in [3.8, 4) is 0 Å². The maximum absolute atomic E-state index is 13.8. The largest absolute Gasteiger partial charge is 0.359 e. The number of nitrogens with zero attached hydrogens (tertiary/aromatic N) is 1. The molecule has 0 aliphatic rings. The van der Waals surface area contributed by atoms with Crippen LogP contribution in [0, 0.1) is 10.3 Å². The van der Waals surface area contributed by atoms with E-state index in [1.165, 1.54) is 13.8 Å². The lowest BCUT2D eigenvalue weighted by Crippen LogP contribution is -2.46. The molecule has 0 spiro atoms. The van der Waals surface area contributed by atoms with Crippen molar-refractivity contribution in [1.29, 1.82) is 0 Å². The predicted octanol–water partition coefficient (Wildman–Crippen LogP) is 6.77. The summed E-state index contributed by atoms with van der Waals surface area (Å²) in [5, 5.41) is 2.73. The molecule has 0 radical (unpaired) electrons. The topological polar surface area (TPSA) is 38.7 Å². The zero-order valence-electron chi connectivity index (χ0n) is 17.0. The van der Waals surface area contributed by atoms with E-state index >= 15 is 0 Å². The van der Waals surface area contributed by atoms with Gasteiger partial charge in [0.1, 0.15) is 6.10 Å². The molecule has 3 aromatic rings. The van der Waals surface area contributed by atoms with Gasteiger partial charge >= 0.3 is 0 Å². The number of alkyl halides is 2. The third-order valence-electron chi connectivity index (χ3n) is 5.64. The zero-order chi connectivity index (χ0) is 21.6. The Morgan fingerprint density at radius 2 is 1.13 bits per heavy atom. The van der Waals surface area contributed by atoms with E-state index in [0.717, 1.165) is 16.7 Å². The maximum atomic E-state index is 13.8. The van der Waals surface area contributed by atoms with Crippen LogP contribution in [-0.4, -0.2) is 12.5 Å². The van der Waals surface area contributed by atoms with Gasteiger partial charge in [0.2, 0.25) is 6.43 Å². The van der Waals surface area contributed by atoms with Gasteiger partial charge in [0.25, 0.3) is 0 Å². The molecule has 0 bridgehead atoms. The minimum absolute atomic E-state index is 0.0743. The molecule has 3 rings (SSSR count). The van der Waals surface area contributed by atoms with Gasteiger partial charge in [-0.3, -0.25) is 0 Å². The van der Waals surface area contributed by atoms with Crippen molar-refractivity contribution in [2.45, 2.75) is 38.2 Å². The fourth-order valence-electron chi connectivity index (χ4n) is 4.05. The van der Waals surface area contributed by atoms with Gasteiger partial charge in [-0.1, -0.05) is 105 Å². The molecule has 0 fully saturated rings. The third-order valence-corrected chi connectivity index (χ3v) is 5.64. The van der Waals surface area contributed by atoms with Crippen LogP contribution in [0.4, 0.5) is 8.78 Å². The molecule has 1 atom stereocenters. The van der Waals surface area contributed by atoms with Gasteiger partial charge in [0.05, 0.1) is 5.41 Å². The minimum atomic E-state index is -2.59. The van der Waals surface area contributed by atoms with Crippen molar-refractivity contribution >= 4 is 0 Å². The molecule has 0 aromatic heterocycles. The number of halogens is 2. The first-order valence-corrected chi connectivity index (χ1v) is 9.86. The average molecular weight is 409 g/mol. The second kappa shape index (κ2) is 9.16. The van der Waals surface area contributed by atoms with E-state index in [1.807, 2.05) is 91.0 Å². The molecular formula is C25H25F2NO2. The summed E-state index contributed by atoms with van der Waals surface area (Å²) in [4.78, 5) is 16.7. The first-order valence-electron chi connectivity index (χ1n) is 9.86. The minimum Gasteiger partial charge on any atom is -0.359 e. The molecule has 0 heterocycles. The van der Waals surface area contributed by atoms with Crippen molar-refractivity contribution in [2.24, 2.45) is 10.8 Å². The standard InChI is InChI=1S/C25H25F2NO2/c1-24(2,23(26)27)18-22(30-28-29)25(19-12-6-3-7-13-19,20-14-8-4-9-15-20)21-16-10-5-11-17-21/h3-17,22-23H,18H2,1-2H3. The molecule has 0 amide bonds. The fraction of sp³-hybridized carbons (Fsp3) is 0.280. The Bertz CT molecular complexity index is 834. The van der Waals surface area contributed by atoms with Crippen molar-refractivity contribution < 1.29 is 13.6 Å². The van der Waals surface area contributed by atoms with E-state index in [-0.39, 0.29) is 6.42 Å². The van der Waals surface area contributed by atoms with E-state index in [4.69, 9.17) is 4.84 Å². The van der Waals surface area contributed by atoms with Gasteiger partial charge in [-0.05, 0) is 23.1 Å². The molecule has 0 saturated heterocycles. The predicted molar refractivity (Wildman–Crippen MR) is 114 cm³/mol. The van der Waals surface area contributed by atoms with Crippen molar-refractivity contribution in [3.05, 3.63) is 113 Å². The molecule has 0 aliphatic heterocycles. The SMILES string of the molecule is CC(C)(CC(ON=O)C(c1ccccc1)(c1ccccc1)c1ccccc1)C(F)F. The van der Waals surface area contributed by atoms with Gasteiger partial charge in [-0.2, -0.15) is 0 Å². The number of hydrogen-bond acceptors (Lipinski definition) is 3. The van der Waals surface area contributed by atoms with Gasteiger partial charge in [0.15, 0.2) is 5.34 Å². The van der Waals surface area contributed by atoms with Gasteiger partial charge in [-0.25, -0.2) is 8.78 Å². The summed E-state index contributed by atoms with van der Waals surface area (Å²) >= 11 is 0. The van der Waals surface area contributed by atoms with Crippen LogP contribution in [0.2, 0.25) is 0 Å². The number of benzene rings is 3. The monoisotopic (exact) mass is 409 g/mol. The lowest BCUT2D eigenvalue weighted by molar-refractivity contribution is -0.0552. The van der Waals surface area contributed by atoms with Crippen LogP contribution >= 0.6 is 0 Å². The third kappa shape index (κ3) is 4.11. The summed E-state index contributed by atoms with van der Waals surface area (Å²) < 4.78 is 27.7. The van der Waals surface area contributed by atoms with Crippen LogP contribution in [0.15, 0.2) is 96.3 Å². The van der Waals surface area contributed by atoms with E-state index in [9.17, 15) is 13.7 Å². The van der Waals surface area contributed by atoms with Crippen LogP contribution in [0.3, 0.4) is 0 Å². The van der Waals surface area contributed by atoms with Gasteiger partial charge < -0.3 is 4.84 Å². The summed E-state index contributed by atoms with van der Waals surface area (Å²) in [5.41, 5.74) is 0.103. The van der Waals surface area contributed by atoms with Crippen molar-refractivity contribution in [2.75, 3.05) is 0 Å². The summed E-state index contributed by atoms with van der Waals surface area (Å²) in [6, 6.07) is 28.6. The first-order chi connectivity index (χ1) is 14.4. The highest BCUT2D eigenvalue weighted by Gasteiger charge is 2.49. The van der Waals surface area contributed by atoms with E-state index in [1.54, 1.807) is 0 Å². The lowest BCUT2D eigenvalue weighted by Gasteiger charge is -2.42. The molecule has 0 N–H and O–H groups in total. The number of hydrogen-bond donors (Lipinski definition) is 0. The van der Waals surface area contributed by atoms with E-state index in [0.29, 0.717) is 0 Å². The van der Waals surface area contributed by atoms with Crippen LogP contribution in [0.25, 0.3) is 0 Å². The molecule has 0 saturated carbocycles. The van der Waals surface area contributed by atoms with Crippen LogP contribution < -0.4 is 0 Å². The fourth-order valence-corrected chi connectivity index (χ4v) is 4.05. The lowest BCUT2D eigenvalue weighted by atomic mass is 9.63. The van der Waals surface area contributed by atoms with Crippen LogP contribution in [0.1, 0.15) is 37.0 Å². The Labute approximate surface area is 175 Å². The Morgan fingerprint density at radius 1 is 0.767 bits per heavy atom. The highest BCUT2D eigenvalue weighted by Crippen LogP contribution is 2.47. The van der Waals surface area contributed by atoms with Crippen molar-refractivity contribution in [1.82, 2.24) is 0 Å². The molecule has 30 heavy (non-hydrogen) atoms. The van der Waals surface area contributed by atoms with E-state index in [2.05, 4.69) is 5.34 Å². The molecule has 5 heteroatoms. The van der Waals surface area contributed by atoms with E-state index < -0.39 is 23.4 Å². The summed E-state index contributed by atoms with van der Waals surface area (Å²) in [6.07, 6.45) is -3.61. The molecule has 3 aromatic carbocycles.